The van der Waals surface area contributed by atoms with Crippen LogP contribution in [0, 0.1) is 6.92 Å². The summed E-state index contributed by atoms with van der Waals surface area (Å²) < 4.78 is 2.02. The van der Waals surface area contributed by atoms with E-state index in [2.05, 4.69) is 11.1 Å². The number of aryl methyl sites for hydroxylation is 2. The summed E-state index contributed by atoms with van der Waals surface area (Å²) in [7, 11) is 0. The molecular formula is C17H16N2O2. The molecule has 21 heavy (non-hydrogen) atoms. The number of pyridine rings is 1. The van der Waals surface area contributed by atoms with Crippen LogP contribution in [0.1, 0.15) is 17.7 Å². The van der Waals surface area contributed by atoms with Gasteiger partial charge in [0, 0.05) is 18.2 Å². The molecule has 0 saturated heterocycles. The van der Waals surface area contributed by atoms with Crippen molar-refractivity contribution in [2.45, 2.75) is 19.8 Å². The van der Waals surface area contributed by atoms with Crippen LogP contribution in [0.15, 0.2) is 48.7 Å². The molecule has 0 aliphatic heterocycles. The maximum absolute atomic E-state index is 10.8. The molecule has 0 aliphatic rings. The van der Waals surface area contributed by atoms with E-state index in [1.807, 2.05) is 53.9 Å². The zero-order valence-corrected chi connectivity index (χ0v) is 11.8. The van der Waals surface area contributed by atoms with Gasteiger partial charge in [-0.3, -0.25) is 9.20 Å². The Kier molecular flexibility index (Phi) is 3.44. The molecule has 3 rings (SSSR count). The molecule has 0 spiro atoms. The van der Waals surface area contributed by atoms with Crippen LogP contribution >= 0.6 is 0 Å². The van der Waals surface area contributed by atoms with Gasteiger partial charge in [-0.05, 0) is 25.1 Å². The molecule has 0 bridgehead atoms. The smallest absolute Gasteiger partial charge is 0.303 e. The minimum Gasteiger partial charge on any atom is -0.481 e. The lowest BCUT2D eigenvalue weighted by atomic mass is 10.1. The SMILES string of the molecule is Cc1cccc(-c2nc(CCC(=O)O)c3ccccn23)c1. The van der Waals surface area contributed by atoms with Crippen molar-refractivity contribution >= 4 is 11.5 Å². The van der Waals surface area contributed by atoms with Crippen LogP contribution in [0.3, 0.4) is 0 Å². The summed E-state index contributed by atoms with van der Waals surface area (Å²) in [6.07, 6.45) is 2.49. The second-order valence-electron chi connectivity index (χ2n) is 5.10. The van der Waals surface area contributed by atoms with E-state index >= 15 is 0 Å². The Labute approximate surface area is 122 Å². The van der Waals surface area contributed by atoms with Crippen LogP contribution in [0.2, 0.25) is 0 Å². The van der Waals surface area contributed by atoms with Gasteiger partial charge >= 0.3 is 5.97 Å². The zero-order chi connectivity index (χ0) is 14.8. The average molecular weight is 280 g/mol. The summed E-state index contributed by atoms with van der Waals surface area (Å²) in [6.45, 7) is 2.05. The monoisotopic (exact) mass is 280 g/mol. The van der Waals surface area contributed by atoms with Crippen molar-refractivity contribution in [2.75, 3.05) is 0 Å². The van der Waals surface area contributed by atoms with Crippen molar-refractivity contribution in [3.63, 3.8) is 0 Å². The molecule has 1 aromatic carbocycles. The van der Waals surface area contributed by atoms with Crippen LogP contribution in [0.4, 0.5) is 0 Å². The molecule has 4 heteroatoms. The van der Waals surface area contributed by atoms with Crippen LogP contribution in [0.25, 0.3) is 16.9 Å². The van der Waals surface area contributed by atoms with Gasteiger partial charge in [0.15, 0.2) is 0 Å². The molecule has 0 radical (unpaired) electrons. The molecule has 2 heterocycles. The van der Waals surface area contributed by atoms with E-state index in [9.17, 15) is 4.79 Å². The standard InChI is InChI=1S/C17H16N2O2/c1-12-5-4-6-13(11-12)17-18-14(8-9-16(20)21)15-7-2-3-10-19(15)17/h2-7,10-11H,8-9H2,1H3,(H,20,21). The third-order valence-corrected chi connectivity index (χ3v) is 3.48. The van der Waals surface area contributed by atoms with Crippen molar-refractivity contribution in [1.29, 1.82) is 0 Å². The Bertz CT molecular complexity index is 805. The zero-order valence-electron chi connectivity index (χ0n) is 11.8. The van der Waals surface area contributed by atoms with Crippen molar-refractivity contribution in [1.82, 2.24) is 9.38 Å². The first kappa shape index (κ1) is 13.4. The van der Waals surface area contributed by atoms with Crippen LogP contribution in [-0.2, 0) is 11.2 Å². The topological polar surface area (TPSA) is 54.6 Å². The Morgan fingerprint density at radius 3 is 2.86 bits per heavy atom. The molecule has 3 aromatic rings. The lowest BCUT2D eigenvalue weighted by Gasteiger charge is -2.02. The number of carboxylic acid groups (broad SMARTS) is 1. The first-order valence-corrected chi connectivity index (χ1v) is 6.90. The highest BCUT2D eigenvalue weighted by molar-refractivity contribution is 5.69. The summed E-state index contributed by atoms with van der Waals surface area (Å²) in [5.41, 5.74) is 4.01. The van der Waals surface area contributed by atoms with Crippen molar-refractivity contribution in [2.24, 2.45) is 0 Å². The summed E-state index contributed by atoms with van der Waals surface area (Å²) >= 11 is 0. The summed E-state index contributed by atoms with van der Waals surface area (Å²) in [4.78, 5) is 15.5. The number of aliphatic carboxylic acids is 1. The van der Waals surface area contributed by atoms with Gasteiger partial charge in [0.25, 0.3) is 0 Å². The Morgan fingerprint density at radius 1 is 1.24 bits per heavy atom. The molecule has 0 amide bonds. The van der Waals surface area contributed by atoms with Gasteiger partial charge in [0.1, 0.15) is 5.82 Å². The number of benzene rings is 1. The van der Waals surface area contributed by atoms with Gasteiger partial charge in [-0.25, -0.2) is 4.98 Å². The molecule has 0 fully saturated rings. The number of carboxylic acids is 1. The fraction of sp³-hybridized carbons (Fsp3) is 0.176. The quantitative estimate of drug-likeness (QED) is 0.797. The van der Waals surface area contributed by atoms with E-state index in [-0.39, 0.29) is 6.42 Å². The van der Waals surface area contributed by atoms with E-state index in [0.717, 1.165) is 22.6 Å². The van der Waals surface area contributed by atoms with E-state index < -0.39 is 5.97 Å². The summed E-state index contributed by atoms with van der Waals surface area (Å²) in [5.74, 6) is 0.0545. The van der Waals surface area contributed by atoms with Crippen LogP contribution < -0.4 is 0 Å². The fourth-order valence-corrected chi connectivity index (χ4v) is 2.50. The van der Waals surface area contributed by atoms with Gasteiger partial charge in [0.05, 0.1) is 17.6 Å². The molecule has 0 aliphatic carbocycles. The molecule has 1 N–H and O–H groups in total. The lowest BCUT2D eigenvalue weighted by Crippen LogP contribution is -1.98. The van der Waals surface area contributed by atoms with Crippen LogP contribution in [-0.4, -0.2) is 20.5 Å². The number of hydrogen-bond donors (Lipinski definition) is 1. The largest absolute Gasteiger partial charge is 0.481 e. The lowest BCUT2D eigenvalue weighted by molar-refractivity contribution is -0.136. The highest BCUT2D eigenvalue weighted by atomic mass is 16.4. The van der Waals surface area contributed by atoms with Crippen LogP contribution in [0.5, 0.6) is 0 Å². The van der Waals surface area contributed by atoms with Crippen molar-refractivity contribution in [3.8, 4) is 11.4 Å². The Balaban J connectivity index is 2.13. The second-order valence-corrected chi connectivity index (χ2v) is 5.10. The number of rotatable bonds is 4. The molecule has 0 atom stereocenters. The fourth-order valence-electron chi connectivity index (χ4n) is 2.50. The number of carbonyl (C=O) groups is 1. The highest BCUT2D eigenvalue weighted by Gasteiger charge is 2.13. The minimum atomic E-state index is -0.802. The van der Waals surface area contributed by atoms with E-state index in [1.165, 1.54) is 5.56 Å². The maximum atomic E-state index is 10.8. The van der Waals surface area contributed by atoms with Crippen molar-refractivity contribution < 1.29 is 9.90 Å². The van der Waals surface area contributed by atoms with Gasteiger partial charge in [-0.1, -0.05) is 29.8 Å². The number of nitrogens with zero attached hydrogens (tertiary/aromatic N) is 2. The van der Waals surface area contributed by atoms with Crippen molar-refractivity contribution in [3.05, 3.63) is 59.9 Å². The summed E-state index contributed by atoms with van der Waals surface area (Å²) in [6, 6.07) is 14.0. The Morgan fingerprint density at radius 2 is 2.10 bits per heavy atom. The predicted octanol–water partition coefficient (Wildman–Crippen LogP) is 3.33. The molecule has 4 nitrogen and oxygen atoms in total. The van der Waals surface area contributed by atoms with Gasteiger partial charge < -0.3 is 5.11 Å². The van der Waals surface area contributed by atoms with Gasteiger partial charge in [-0.2, -0.15) is 0 Å². The highest BCUT2D eigenvalue weighted by Crippen LogP contribution is 2.24. The maximum Gasteiger partial charge on any atom is 0.303 e. The van der Waals surface area contributed by atoms with E-state index in [1.54, 1.807) is 0 Å². The number of hydrogen-bond acceptors (Lipinski definition) is 2. The number of fused-ring (bicyclic) bond motifs is 1. The predicted molar refractivity (Wildman–Crippen MR) is 81.3 cm³/mol. The normalized spacial score (nSPS) is 10.9. The average Bonchev–Trinajstić information content (AvgIpc) is 2.84. The molecule has 0 saturated carbocycles. The second kappa shape index (κ2) is 5.40. The molecule has 2 aromatic heterocycles. The first-order chi connectivity index (χ1) is 10.1. The number of aromatic nitrogens is 2. The molecule has 0 unspecified atom stereocenters. The van der Waals surface area contributed by atoms with E-state index in [4.69, 9.17) is 5.11 Å². The van der Waals surface area contributed by atoms with Gasteiger partial charge in [0.2, 0.25) is 0 Å². The van der Waals surface area contributed by atoms with Gasteiger partial charge in [-0.15, -0.1) is 0 Å². The minimum absolute atomic E-state index is 0.0921. The van der Waals surface area contributed by atoms with E-state index in [0.29, 0.717) is 6.42 Å². The number of imidazole rings is 1. The first-order valence-electron chi connectivity index (χ1n) is 6.90. The summed E-state index contributed by atoms with van der Waals surface area (Å²) in [5, 5.41) is 8.87. The third kappa shape index (κ3) is 2.65. The Hall–Kier alpha value is -2.62. The molecule has 106 valence electrons. The third-order valence-electron chi connectivity index (χ3n) is 3.48. The molecular weight excluding hydrogens is 264 g/mol.